The first kappa shape index (κ1) is 20.7. The molecule has 0 aliphatic rings. The molecule has 0 unspecified atom stereocenters. The van der Waals surface area contributed by atoms with Gasteiger partial charge in [-0.05, 0) is 38.8 Å². The Morgan fingerprint density at radius 1 is 1.21 bits per heavy atom. The van der Waals surface area contributed by atoms with Gasteiger partial charge in [0.05, 0.1) is 0 Å². The lowest BCUT2D eigenvalue weighted by molar-refractivity contribution is -0.116. The summed E-state index contributed by atoms with van der Waals surface area (Å²) in [7, 11) is 0. The van der Waals surface area contributed by atoms with Crippen LogP contribution in [0.1, 0.15) is 49.4 Å². The van der Waals surface area contributed by atoms with Gasteiger partial charge in [-0.2, -0.15) is 5.10 Å². The van der Waals surface area contributed by atoms with Crippen molar-refractivity contribution in [1.82, 2.24) is 14.3 Å². The van der Waals surface area contributed by atoms with E-state index < -0.39 is 12.0 Å². The minimum Gasteiger partial charge on any atom is -0.326 e. The van der Waals surface area contributed by atoms with Crippen LogP contribution < -0.4 is 10.9 Å². The van der Waals surface area contributed by atoms with Gasteiger partial charge < -0.3 is 5.32 Å². The standard InChI is InChI=1S/C21H24F2N4O2/c1-12(2)27-11-16-15(20(22)23)10-18(29)26(21(16)25-27)9-8-17(28)24-19-13(3)6-5-7-14(19)4/h5-7,10-12,20H,8-9H2,1-4H3,(H,24,28). The van der Waals surface area contributed by atoms with Crippen molar-refractivity contribution in [2.45, 2.75) is 53.1 Å². The Labute approximate surface area is 167 Å². The summed E-state index contributed by atoms with van der Waals surface area (Å²) in [5.74, 6) is -0.260. The number of amides is 1. The molecule has 0 atom stereocenters. The number of halogens is 2. The number of hydrogen-bond donors (Lipinski definition) is 1. The van der Waals surface area contributed by atoms with E-state index in [-0.39, 0.29) is 41.5 Å². The molecule has 1 aromatic carbocycles. The SMILES string of the molecule is Cc1cccc(C)c1NC(=O)CCn1c(=O)cc(C(F)F)c2cn(C(C)C)nc21. The predicted molar refractivity (Wildman–Crippen MR) is 108 cm³/mol. The number of fused-ring (bicyclic) bond motifs is 1. The molecule has 0 saturated carbocycles. The lowest BCUT2D eigenvalue weighted by Crippen LogP contribution is -2.24. The minimum atomic E-state index is -2.78. The molecule has 2 aromatic heterocycles. The third-order valence-corrected chi connectivity index (χ3v) is 4.90. The number of aromatic nitrogens is 3. The summed E-state index contributed by atoms with van der Waals surface area (Å²) < 4.78 is 29.6. The van der Waals surface area contributed by atoms with E-state index in [9.17, 15) is 18.4 Å². The molecular formula is C21H24F2N4O2. The van der Waals surface area contributed by atoms with Crippen LogP contribution >= 0.6 is 0 Å². The second-order valence-electron chi connectivity index (χ2n) is 7.40. The van der Waals surface area contributed by atoms with Crippen LogP contribution in [0.4, 0.5) is 14.5 Å². The zero-order chi connectivity index (χ0) is 21.3. The fraction of sp³-hybridized carbons (Fsp3) is 0.381. The maximum absolute atomic E-state index is 13.4. The number of nitrogens with one attached hydrogen (secondary N) is 1. The summed E-state index contributed by atoms with van der Waals surface area (Å²) in [4.78, 5) is 24.9. The number of carbonyl (C=O) groups is 1. The van der Waals surface area contributed by atoms with Gasteiger partial charge >= 0.3 is 0 Å². The largest absolute Gasteiger partial charge is 0.326 e. The zero-order valence-corrected chi connectivity index (χ0v) is 16.9. The van der Waals surface area contributed by atoms with Crippen LogP contribution in [0.3, 0.4) is 0 Å². The van der Waals surface area contributed by atoms with Crippen molar-refractivity contribution < 1.29 is 13.6 Å². The molecule has 0 bridgehead atoms. The van der Waals surface area contributed by atoms with Crippen LogP contribution in [0.2, 0.25) is 0 Å². The van der Waals surface area contributed by atoms with Gasteiger partial charge in [0, 0.05) is 47.9 Å². The highest BCUT2D eigenvalue weighted by Crippen LogP contribution is 2.27. The summed E-state index contributed by atoms with van der Waals surface area (Å²) in [6, 6.07) is 6.59. The van der Waals surface area contributed by atoms with Gasteiger partial charge in [-0.25, -0.2) is 8.78 Å². The molecule has 0 saturated heterocycles. The first-order valence-electron chi connectivity index (χ1n) is 9.46. The number of alkyl halides is 2. The van der Waals surface area contributed by atoms with E-state index in [1.165, 1.54) is 10.8 Å². The first-order valence-corrected chi connectivity index (χ1v) is 9.46. The van der Waals surface area contributed by atoms with Crippen molar-refractivity contribution in [2.75, 3.05) is 5.32 Å². The molecule has 0 fully saturated rings. The number of pyridine rings is 1. The van der Waals surface area contributed by atoms with Crippen LogP contribution in [-0.2, 0) is 11.3 Å². The van der Waals surface area contributed by atoms with Gasteiger partial charge in [-0.1, -0.05) is 18.2 Å². The van der Waals surface area contributed by atoms with Crippen LogP contribution in [0, 0.1) is 13.8 Å². The van der Waals surface area contributed by atoms with Crippen molar-refractivity contribution >= 4 is 22.6 Å². The molecule has 8 heteroatoms. The highest BCUT2D eigenvalue weighted by atomic mass is 19.3. The number of carbonyl (C=O) groups excluding carboxylic acids is 1. The summed E-state index contributed by atoms with van der Waals surface area (Å²) in [6.45, 7) is 7.59. The van der Waals surface area contributed by atoms with Crippen LogP contribution in [-0.4, -0.2) is 20.3 Å². The van der Waals surface area contributed by atoms with E-state index in [0.29, 0.717) is 0 Å². The zero-order valence-electron chi connectivity index (χ0n) is 16.9. The number of para-hydroxylation sites is 1. The Hall–Kier alpha value is -3.03. The van der Waals surface area contributed by atoms with E-state index in [1.807, 2.05) is 45.9 Å². The number of aryl methyl sites for hydroxylation is 3. The fourth-order valence-electron chi connectivity index (χ4n) is 3.27. The molecular weight excluding hydrogens is 378 g/mol. The third-order valence-electron chi connectivity index (χ3n) is 4.90. The summed E-state index contributed by atoms with van der Waals surface area (Å²) in [5.41, 5.74) is 1.85. The van der Waals surface area contributed by atoms with Crippen LogP contribution in [0.5, 0.6) is 0 Å². The molecule has 2 heterocycles. The Kier molecular flexibility index (Phi) is 5.81. The molecule has 6 nitrogen and oxygen atoms in total. The average molecular weight is 402 g/mol. The van der Waals surface area contributed by atoms with Gasteiger partial charge in [-0.3, -0.25) is 18.8 Å². The lowest BCUT2D eigenvalue weighted by atomic mass is 10.1. The van der Waals surface area contributed by atoms with Crippen molar-refractivity contribution in [3.8, 4) is 0 Å². The van der Waals surface area contributed by atoms with Gasteiger partial charge in [0.25, 0.3) is 12.0 Å². The maximum atomic E-state index is 13.4. The number of nitrogens with zero attached hydrogens (tertiary/aromatic N) is 3. The fourth-order valence-corrected chi connectivity index (χ4v) is 3.27. The van der Waals surface area contributed by atoms with Gasteiger partial charge in [0.1, 0.15) is 0 Å². The third kappa shape index (κ3) is 4.21. The van der Waals surface area contributed by atoms with Crippen molar-refractivity contribution in [3.05, 3.63) is 57.5 Å². The molecule has 154 valence electrons. The van der Waals surface area contributed by atoms with E-state index in [4.69, 9.17) is 0 Å². The van der Waals surface area contributed by atoms with Crippen molar-refractivity contribution in [3.63, 3.8) is 0 Å². The molecule has 1 N–H and O–H groups in total. The monoisotopic (exact) mass is 402 g/mol. The molecule has 0 radical (unpaired) electrons. The Bertz CT molecular complexity index is 1100. The van der Waals surface area contributed by atoms with E-state index >= 15 is 0 Å². The number of rotatable bonds is 6. The van der Waals surface area contributed by atoms with E-state index in [2.05, 4.69) is 10.4 Å². The molecule has 3 rings (SSSR count). The molecule has 29 heavy (non-hydrogen) atoms. The second kappa shape index (κ2) is 8.14. The van der Waals surface area contributed by atoms with E-state index in [1.54, 1.807) is 4.68 Å². The number of benzene rings is 1. The van der Waals surface area contributed by atoms with Gasteiger partial charge in [0.15, 0.2) is 5.65 Å². The number of hydrogen-bond acceptors (Lipinski definition) is 3. The van der Waals surface area contributed by atoms with Crippen LogP contribution in [0.25, 0.3) is 11.0 Å². The van der Waals surface area contributed by atoms with Gasteiger partial charge in [-0.15, -0.1) is 0 Å². The molecule has 0 aliphatic heterocycles. The summed E-state index contributed by atoms with van der Waals surface area (Å²) >= 11 is 0. The maximum Gasteiger partial charge on any atom is 0.264 e. The van der Waals surface area contributed by atoms with E-state index in [0.717, 1.165) is 22.9 Å². The second-order valence-corrected chi connectivity index (χ2v) is 7.40. The molecule has 3 aromatic rings. The Morgan fingerprint density at radius 2 is 1.86 bits per heavy atom. The molecule has 0 spiro atoms. The predicted octanol–water partition coefficient (Wildman–Crippen LogP) is 4.36. The lowest BCUT2D eigenvalue weighted by Gasteiger charge is -2.12. The van der Waals surface area contributed by atoms with Gasteiger partial charge in [0.2, 0.25) is 5.91 Å². The quantitative estimate of drug-likeness (QED) is 0.666. The Balaban J connectivity index is 1.90. The normalized spacial score (nSPS) is 11.6. The topological polar surface area (TPSA) is 68.9 Å². The number of anilines is 1. The highest BCUT2D eigenvalue weighted by molar-refractivity contribution is 5.92. The van der Waals surface area contributed by atoms with Crippen LogP contribution in [0.15, 0.2) is 35.3 Å². The minimum absolute atomic E-state index is 0.0192. The summed E-state index contributed by atoms with van der Waals surface area (Å²) in [5, 5.41) is 7.42. The van der Waals surface area contributed by atoms with Crippen molar-refractivity contribution in [2.24, 2.45) is 0 Å². The Morgan fingerprint density at radius 3 is 2.45 bits per heavy atom. The highest BCUT2D eigenvalue weighted by Gasteiger charge is 2.20. The average Bonchev–Trinajstić information content (AvgIpc) is 3.08. The van der Waals surface area contributed by atoms with Crippen molar-refractivity contribution in [1.29, 1.82) is 0 Å². The summed E-state index contributed by atoms with van der Waals surface area (Å²) in [6.07, 6.45) is -1.24. The first-order chi connectivity index (χ1) is 13.7. The molecule has 0 aliphatic carbocycles. The smallest absolute Gasteiger partial charge is 0.264 e. The molecule has 1 amide bonds.